The summed E-state index contributed by atoms with van der Waals surface area (Å²) in [5.41, 5.74) is 2.14. The molecule has 1 atom stereocenters. The molecule has 2 aromatic rings. The van der Waals surface area contributed by atoms with E-state index >= 15 is 0 Å². The number of benzene rings is 1. The van der Waals surface area contributed by atoms with Crippen LogP contribution in [0.25, 0.3) is 0 Å². The van der Waals surface area contributed by atoms with Gasteiger partial charge in [0.25, 0.3) is 0 Å². The molecule has 0 fully saturated rings. The predicted octanol–water partition coefficient (Wildman–Crippen LogP) is 4.23. The van der Waals surface area contributed by atoms with Crippen molar-refractivity contribution >= 4 is 35.8 Å². The molecule has 0 aliphatic rings. The Morgan fingerprint density at radius 2 is 1.79 bits per heavy atom. The number of aliphatic imine (C=N–C) groups is 1. The number of guanidine groups is 1. The zero-order valence-electron chi connectivity index (χ0n) is 18.3. The van der Waals surface area contributed by atoms with Crippen molar-refractivity contribution in [3.05, 3.63) is 53.7 Å². The lowest BCUT2D eigenvalue weighted by atomic mass is 10.1. The topological polar surface area (TPSA) is 61.8 Å². The summed E-state index contributed by atoms with van der Waals surface area (Å²) in [5, 5.41) is 6.75. The molecule has 2 N–H and O–H groups in total. The Hall–Kier alpha value is -2.03. The maximum absolute atomic E-state index is 5.75. The highest BCUT2D eigenvalue weighted by Gasteiger charge is 2.09. The molecule has 6 nitrogen and oxygen atoms in total. The van der Waals surface area contributed by atoms with Gasteiger partial charge in [-0.15, -0.1) is 24.0 Å². The minimum Gasteiger partial charge on any atom is -0.493 e. The molecule has 2 rings (SSSR count). The molecule has 0 aliphatic carbocycles. The molecular weight excluding hydrogens is 477 g/mol. The monoisotopic (exact) mass is 511 g/mol. The van der Waals surface area contributed by atoms with Gasteiger partial charge in [0.2, 0.25) is 0 Å². The summed E-state index contributed by atoms with van der Waals surface area (Å²) in [7, 11) is 5.75. The SMILES string of the molecule is CN=C(NCc1cccc(N(C)C)n1)NC(C)c1ccc(OCC(C)C)cc1.I. The molecule has 0 saturated carbocycles. The van der Waals surface area contributed by atoms with Gasteiger partial charge in [0, 0.05) is 21.1 Å². The number of rotatable bonds is 8. The summed E-state index contributed by atoms with van der Waals surface area (Å²) < 4.78 is 5.75. The Morgan fingerprint density at radius 1 is 1.10 bits per heavy atom. The number of ether oxygens (including phenoxy) is 1. The highest BCUT2D eigenvalue weighted by atomic mass is 127. The molecule has 0 spiro atoms. The lowest BCUT2D eigenvalue weighted by Gasteiger charge is -2.19. The fourth-order valence-electron chi connectivity index (χ4n) is 2.59. The lowest BCUT2D eigenvalue weighted by Crippen LogP contribution is -2.38. The molecule has 0 aliphatic heterocycles. The average molecular weight is 511 g/mol. The van der Waals surface area contributed by atoms with Crippen LogP contribution in [0.4, 0.5) is 5.82 Å². The van der Waals surface area contributed by atoms with Gasteiger partial charge in [-0.2, -0.15) is 0 Å². The van der Waals surface area contributed by atoms with E-state index in [9.17, 15) is 0 Å². The number of aromatic nitrogens is 1. The van der Waals surface area contributed by atoms with Crippen molar-refractivity contribution < 1.29 is 4.74 Å². The zero-order chi connectivity index (χ0) is 20.5. The fraction of sp³-hybridized carbons (Fsp3) is 0.455. The second-order valence-electron chi connectivity index (χ2n) is 7.45. The van der Waals surface area contributed by atoms with Gasteiger partial charge in [-0.3, -0.25) is 4.99 Å². The maximum Gasteiger partial charge on any atom is 0.191 e. The van der Waals surface area contributed by atoms with Crippen LogP contribution in [0.5, 0.6) is 5.75 Å². The second-order valence-corrected chi connectivity index (χ2v) is 7.45. The predicted molar refractivity (Wildman–Crippen MR) is 133 cm³/mol. The van der Waals surface area contributed by atoms with E-state index in [2.05, 4.69) is 53.5 Å². The van der Waals surface area contributed by atoms with Crippen molar-refractivity contribution in [1.29, 1.82) is 0 Å². The molecule has 1 aromatic heterocycles. The average Bonchev–Trinajstić information content (AvgIpc) is 2.69. The zero-order valence-corrected chi connectivity index (χ0v) is 20.6. The Bertz CT molecular complexity index is 762. The van der Waals surface area contributed by atoms with E-state index < -0.39 is 0 Å². The molecule has 0 bridgehead atoms. The molecule has 1 aromatic carbocycles. The lowest BCUT2D eigenvalue weighted by molar-refractivity contribution is 0.271. The summed E-state index contributed by atoms with van der Waals surface area (Å²) in [6.07, 6.45) is 0. The van der Waals surface area contributed by atoms with Crippen LogP contribution in [0.1, 0.15) is 38.1 Å². The molecule has 1 unspecified atom stereocenters. The van der Waals surface area contributed by atoms with Gasteiger partial charge in [0.05, 0.1) is 24.9 Å². The standard InChI is InChI=1S/C22H33N5O.HI/c1-16(2)15-28-20-12-10-18(11-13-20)17(3)25-22(23-4)24-14-19-8-7-9-21(26-19)27(5)6;/h7-13,16-17H,14-15H2,1-6H3,(H2,23,24,25);1H. The Morgan fingerprint density at radius 3 is 2.38 bits per heavy atom. The number of hydrogen-bond donors (Lipinski definition) is 2. The molecule has 29 heavy (non-hydrogen) atoms. The summed E-state index contributed by atoms with van der Waals surface area (Å²) in [4.78, 5) is 10.9. The molecular formula is C22H34IN5O. The van der Waals surface area contributed by atoms with Crippen LogP contribution in [0.15, 0.2) is 47.5 Å². The Kier molecular flexibility index (Phi) is 10.8. The van der Waals surface area contributed by atoms with Gasteiger partial charge in [0.1, 0.15) is 11.6 Å². The Labute approximate surface area is 192 Å². The van der Waals surface area contributed by atoms with Crippen molar-refractivity contribution in [2.24, 2.45) is 10.9 Å². The third-order valence-corrected chi connectivity index (χ3v) is 4.23. The third kappa shape index (κ3) is 8.47. The first-order chi connectivity index (χ1) is 13.4. The summed E-state index contributed by atoms with van der Waals surface area (Å²) in [5.74, 6) is 3.10. The van der Waals surface area contributed by atoms with Gasteiger partial charge in [-0.1, -0.05) is 32.0 Å². The first-order valence-electron chi connectivity index (χ1n) is 9.72. The van der Waals surface area contributed by atoms with Crippen LogP contribution in [0, 0.1) is 5.92 Å². The smallest absolute Gasteiger partial charge is 0.191 e. The van der Waals surface area contributed by atoms with Crippen molar-refractivity contribution in [3.8, 4) is 5.75 Å². The van der Waals surface area contributed by atoms with E-state index in [0.29, 0.717) is 12.5 Å². The number of halogens is 1. The van der Waals surface area contributed by atoms with Crippen molar-refractivity contribution in [1.82, 2.24) is 15.6 Å². The number of pyridine rings is 1. The highest BCUT2D eigenvalue weighted by Crippen LogP contribution is 2.18. The third-order valence-electron chi connectivity index (χ3n) is 4.23. The van der Waals surface area contributed by atoms with E-state index in [-0.39, 0.29) is 30.0 Å². The van der Waals surface area contributed by atoms with Crippen LogP contribution < -0.4 is 20.3 Å². The highest BCUT2D eigenvalue weighted by molar-refractivity contribution is 14.0. The molecule has 0 amide bonds. The van der Waals surface area contributed by atoms with Crippen LogP contribution in [-0.2, 0) is 6.54 Å². The molecule has 7 heteroatoms. The number of nitrogens with one attached hydrogen (secondary N) is 2. The van der Waals surface area contributed by atoms with Gasteiger partial charge in [-0.05, 0) is 42.7 Å². The first-order valence-corrected chi connectivity index (χ1v) is 9.72. The summed E-state index contributed by atoms with van der Waals surface area (Å²) in [6, 6.07) is 14.3. The molecule has 0 radical (unpaired) electrons. The van der Waals surface area contributed by atoms with Gasteiger partial charge in [0.15, 0.2) is 5.96 Å². The summed E-state index contributed by atoms with van der Waals surface area (Å²) >= 11 is 0. The van der Waals surface area contributed by atoms with Gasteiger partial charge >= 0.3 is 0 Å². The molecule has 0 saturated heterocycles. The molecule has 1 heterocycles. The van der Waals surface area contributed by atoms with E-state index in [0.717, 1.165) is 29.8 Å². The van der Waals surface area contributed by atoms with Crippen molar-refractivity contribution in [3.63, 3.8) is 0 Å². The number of anilines is 1. The largest absolute Gasteiger partial charge is 0.493 e. The van der Waals surface area contributed by atoms with E-state index in [1.807, 2.05) is 49.3 Å². The summed E-state index contributed by atoms with van der Waals surface area (Å²) in [6.45, 7) is 7.74. The van der Waals surface area contributed by atoms with E-state index in [4.69, 9.17) is 4.74 Å². The minimum absolute atomic E-state index is 0. The normalized spacial score (nSPS) is 12.2. The second kappa shape index (κ2) is 12.5. The Balaban J connectivity index is 0.00000420. The van der Waals surface area contributed by atoms with E-state index in [1.54, 1.807) is 7.05 Å². The van der Waals surface area contributed by atoms with Gasteiger partial charge < -0.3 is 20.3 Å². The minimum atomic E-state index is 0. The van der Waals surface area contributed by atoms with Gasteiger partial charge in [-0.25, -0.2) is 4.98 Å². The maximum atomic E-state index is 5.75. The first kappa shape index (κ1) is 25.0. The number of hydrogen-bond acceptors (Lipinski definition) is 4. The molecule has 160 valence electrons. The van der Waals surface area contributed by atoms with Crippen LogP contribution >= 0.6 is 24.0 Å². The quantitative estimate of drug-likeness (QED) is 0.316. The van der Waals surface area contributed by atoms with Crippen molar-refractivity contribution in [2.75, 3.05) is 32.6 Å². The van der Waals surface area contributed by atoms with Crippen LogP contribution in [0.2, 0.25) is 0 Å². The van der Waals surface area contributed by atoms with Crippen molar-refractivity contribution in [2.45, 2.75) is 33.4 Å². The van der Waals surface area contributed by atoms with Crippen LogP contribution in [0.3, 0.4) is 0 Å². The van der Waals surface area contributed by atoms with E-state index in [1.165, 1.54) is 5.56 Å². The van der Waals surface area contributed by atoms with Crippen LogP contribution in [-0.4, -0.2) is 38.7 Å². The number of nitrogens with zero attached hydrogens (tertiary/aromatic N) is 3. The fourth-order valence-corrected chi connectivity index (χ4v) is 2.59.